The molecule has 2 aromatic rings. The maximum atomic E-state index is 12.2. The van der Waals surface area contributed by atoms with Crippen molar-refractivity contribution in [3.63, 3.8) is 0 Å². The predicted molar refractivity (Wildman–Crippen MR) is 86.6 cm³/mol. The molecule has 2 N–H and O–H groups in total. The van der Waals surface area contributed by atoms with Gasteiger partial charge in [-0.1, -0.05) is 12.1 Å². The number of benzene rings is 2. The number of aryl methyl sites for hydroxylation is 2. The lowest BCUT2D eigenvalue weighted by molar-refractivity contribution is 0.102. The van der Waals surface area contributed by atoms with E-state index in [-0.39, 0.29) is 10.8 Å². The van der Waals surface area contributed by atoms with Crippen molar-refractivity contribution < 1.29 is 13.2 Å². The third-order valence-electron chi connectivity index (χ3n) is 3.34. The average molecular weight is 318 g/mol. The minimum Gasteiger partial charge on any atom is -0.322 e. The molecule has 2 rings (SSSR count). The van der Waals surface area contributed by atoms with E-state index in [1.165, 1.54) is 31.3 Å². The predicted octanol–water partition coefficient (Wildman–Crippen LogP) is 2.46. The molecule has 2 aromatic carbocycles. The van der Waals surface area contributed by atoms with Gasteiger partial charge >= 0.3 is 0 Å². The van der Waals surface area contributed by atoms with E-state index in [0.29, 0.717) is 5.56 Å². The molecule has 0 aliphatic carbocycles. The number of hydrogen-bond donors (Lipinski definition) is 2. The van der Waals surface area contributed by atoms with Gasteiger partial charge in [0.2, 0.25) is 10.0 Å². The van der Waals surface area contributed by atoms with E-state index in [2.05, 4.69) is 10.0 Å². The fourth-order valence-electron chi connectivity index (χ4n) is 1.97. The van der Waals surface area contributed by atoms with Crippen LogP contribution < -0.4 is 10.0 Å². The van der Waals surface area contributed by atoms with Gasteiger partial charge in [-0.15, -0.1) is 0 Å². The Morgan fingerprint density at radius 1 is 1.00 bits per heavy atom. The van der Waals surface area contributed by atoms with E-state index in [1.54, 1.807) is 0 Å². The first-order chi connectivity index (χ1) is 10.3. The highest BCUT2D eigenvalue weighted by molar-refractivity contribution is 7.89. The minimum atomic E-state index is -3.49. The van der Waals surface area contributed by atoms with E-state index in [0.717, 1.165) is 16.8 Å². The molecular formula is C16H18N2O3S. The number of rotatable bonds is 4. The van der Waals surface area contributed by atoms with Gasteiger partial charge in [0.15, 0.2) is 0 Å². The Hall–Kier alpha value is -2.18. The molecule has 0 aromatic heterocycles. The lowest BCUT2D eigenvalue weighted by atomic mass is 10.1. The molecular weight excluding hydrogens is 300 g/mol. The zero-order valence-corrected chi connectivity index (χ0v) is 13.5. The monoisotopic (exact) mass is 318 g/mol. The Labute approximate surface area is 130 Å². The van der Waals surface area contributed by atoms with E-state index in [4.69, 9.17) is 0 Å². The van der Waals surface area contributed by atoms with Gasteiger partial charge in [-0.05, 0) is 62.4 Å². The normalized spacial score (nSPS) is 11.2. The van der Waals surface area contributed by atoms with Crippen LogP contribution in [0.4, 0.5) is 5.69 Å². The Bertz CT molecular complexity index is 797. The summed E-state index contributed by atoms with van der Waals surface area (Å²) < 4.78 is 25.5. The maximum absolute atomic E-state index is 12.2. The molecule has 0 bridgehead atoms. The van der Waals surface area contributed by atoms with E-state index >= 15 is 0 Å². The van der Waals surface area contributed by atoms with Gasteiger partial charge in [0.1, 0.15) is 0 Å². The van der Waals surface area contributed by atoms with Crippen molar-refractivity contribution in [2.75, 3.05) is 12.4 Å². The second-order valence-electron chi connectivity index (χ2n) is 5.00. The molecule has 0 saturated carbocycles. The fourth-order valence-corrected chi connectivity index (χ4v) is 2.70. The average Bonchev–Trinajstić information content (AvgIpc) is 2.51. The Kier molecular flexibility index (Phi) is 4.63. The van der Waals surface area contributed by atoms with Crippen LogP contribution in [0.2, 0.25) is 0 Å². The van der Waals surface area contributed by atoms with Crippen molar-refractivity contribution >= 4 is 21.6 Å². The van der Waals surface area contributed by atoms with Gasteiger partial charge in [-0.2, -0.15) is 0 Å². The summed E-state index contributed by atoms with van der Waals surface area (Å²) in [4.78, 5) is 12.4. The summed E-state index contributed by atoms with van der Waals surface area (Å²) in [5, 5.41) is 2.84. The van der Waals surface area contributed by atoms with Crippen molar-refractivity contribution in [1.29, 1.82) is 0 Å². The topological polar surface area (TPSA) is 75.3 Å². The maximum Gasteiger partial charge on any atom is 0.255 e. The standard InChI is InChI=1S/C16H18N2O3S/c1-11-4-5-12(2)15(10-11)18-16(19)13-6-8-14(9-7-13)22(20,21)17-3/h4-10,17H,1-3H3,(H,18,19). The highest BCUT2D eigenvalue weighted by Gasteiger charge is 2.13. The fraction of sp³-hybridized carbons (Fsp3) is 0.188. The molecule has 1 amide bonds. The van der Waals surface area contributed by atoms with Crippen LogP contribution in [0.15, 0.2) is 47.4 Å². The summed E-state index contributed by atoms with van der Waals surface area (Å²) in [5.41, 5.74) is 3.16. The van der Waals surface area contributed by atoms with Crippen LogP contribution in [0.25, 0.3) is 0 Å². The largest absolute Gasteiger partial charge is 0.322 e. The number of hydrogen-bond acceptors (Lipinski definition) is 3. The van der Waals surface area contributed by atoms with E-state index in [1.807, 2.05) is 32.0 Å². The zero-order valence-electron chi connectivity index (χ0n) is 12.7. The summed E-state index contributed by atoms with van der Waals surface area (Å²) in [6.45, 7) is 3.87. The first-order valence-corrected chi connectivity index (χ1v) is 8.24. The summed E-state index contributed by atoms with van der Waals surface area (Å²) in [5.74, 6) is -0.276. The van der Waals surface area contributed by atoms with E-state index < -0.39 is 10.0 Å². The van der Waals surface area contributed by atoms with Crippen molar-refractivity contribution in [3.8, 4) is 0 Å². The highest BCUT2D eigenvalue weighted by atomic mass is 32.2. The Morgan fingerprint density at radius 3 is 2.23 bits per heavy atom. The van der Waals surface area contributed by atoms with Gasteiger partial charge in [0.25, 0.3) is 5.91 Å². The number of sulfonamides is 1. The first kappa shape index (κ1) is 16.2. The van der Waals surface area contributed by atoms with E-state index in [9.17, 15) is 13.2 Å². The van der Waals surface area contributed by atoms with Crippen LogP contribution in [0.1, 0.15) is 21.5 Å². The molecule has 0 radical (unpaired) electrons. The van der Waals surface area contributed by atoms with Gasteiger partial charge < -0.3 is 5.32 Å². The van der Waals surface area contributed by atoms with Gasteiger partial charge in [0.05, 0.1) is 4.90 Å². The molecule has 22 heavy (non-hydrogen) atoms. The molecule has 0 unspecified atom stereocenters. The summed E-state index contributed by atoms with van der Waals surface area (Å²) in [6, 6.07) is 11.6. The summed E-state index contributed by atoms with van der Waals surface area (Å²) in [6.07, 6.45) is 0. The van der Waals surface area contributed by atoms with Crippen molar-refractivity contribution in [2.24, 2.45) is 0 Å². The first-order valence-electron chi connectivity index (χ1n) is 6.76. The number of carbonyl (C=O) groups excluding carboxylic acids is 1. The molecule has 5 nitrogen and oxygen atoms in total. The molecule has 116 valence electrons. The SMILES string of the molecule is CNS(=O)(=O)c1ccc(C(=O)Nc2cc(C)ccc2C)cc1. The summed E-state index contributed by atoms with van der Waals surface area (Å²) in [7, 11) is -2.15. The number of amides is 1. The third kappa shape index (κ3) is 3.52. The lowest BCUT2D eigenvalue weighted by Gasteiger charge is -2.10. The number of carbonyl (C=O) groups is 1. The van der Waals surface area contributed by atoms with Crippen LogP contribution >= 0.6 is 0 Å². The lowest BCUT2D eigenvalue weighted by Crippen LogP contribution is -2.19. The van der Waals surface area contributed by atoms with Gasteiger partial charge in [-0.3, -0.25) is 4.79 Å². The molecule has 0 saturated heterocycles. The van der Waals surface area contributed by atoms with Crippen LogP contribution in [0, 0.1) is 13.8 Å². The van der Waals surface area contributed by atoms with Crippen LogP contribution in [0.3, 0.4) is 0 Å². The molecule has 0 aliphatic rings. The number of nitrogens with one attached hydrogen (secondary N) is 2. The smallest absolute Gasteiger partial charge is 0.255 e. The molecule has 0 fully saturated rings. The zero-order chi connectivity index (χ0) is 16.3. The molecule has 0 aliphatic heterocycles. The number of anilines is 1. The third-order valence-corrected chi connectivity index (χ3v) is 4.77. The molecule has 0 heterocycles. The molecule has 0 spiro atoms. The second kappa shape index (κ2) is 6.29. The van der Waals surface area contributed by atoms with Gasteiger partial charge in [-0.25, -0.2) is 13.1 Å². The second-order valence-corrected chi connectivity index (χ2v) is 6.89. The minimum absolute atomic E-state index is 0.123. The summed E-state index contributed by atoms with van der Waals surface area (Å²) >= 11 is 0. The van der Waals surface area contributed by atoms with Crippen LogP contribution in [-0.2, 0) is 10.0 Å². The van der Waals surface area contributed by atoms with Crippen LogP contribution in [0.5, 0.6) is 0 Å². The molecule has 6 heteroatoms. The van der Waals surface area contributed by atoms with Crippen molar-refractivity contribution in [3.05, 3.63) is 59.2 Å². The highest BCUT2D eigenvalue weighted by Crippen LogP contribution is 2.18. The molecule has 0 atom stereocenters. The van der Waals surface area contributed by atoms with Crippen molar-refractivity contribution in [2.45, 2.75) is 18.7 Å². The quantitative estimate of drug-likeness (QED) is 0.909. The van der Waals surface area contributed by atoms with Crippen LogP contribution in [-0.4, -0.2) is 21.4 Å². The Morgan fingerprint density at radius 2 is 1.64 bits per heavy atom. The Balaban J connectivity index is 2.22. The van der Waals surface area contributed by atoms with Gasteiger partial charge in [0, 0.05) is 11.3 Å². The van der Waals surface area contributed by atoms with Crippen molar-refractivity contribution in [1.82, 2.24) is 4.72 Å².